The monoisotopic (exact) mass is 302 g/mol. The fraction of sp³-hybridized carbons (Fsp3) is 0.100. The third kappa shape index (κ3) is 4.24. The van der Waals surface area contributed by atoms with Crippen LogP contribution in [0, 0.1) is 0 Å². The van der Waals surface area contributed by atoms with Gasteiger partial charge in [-0.05, 0) is 24.0 Å². The Labute approximate surface area is 108 Å². The van der Waals surface area contributed by atoms with E-state index in [9.17, 15) is 0 Å². The number of hydrazine groups is 1. The molecule has 0 amide bonds. The third-order valence-electron chi connectivity index (χ3n) is 1.69. The van der Waals surface area contributed by atoms with Crippen LogP contribution in [0.4, 0.5) is 0 Å². The number of nitrogens with one attached hydrogen (secondary N) is 2. The summed E-state index contributed by atoms with van der Waals surface area (Å²) in [5.41, 5.74) is 7.64. The minimum atomic E-state index is 0.688. The van der Waals surface area contributed by atoms with Crippen LogP contribution in [0.25, 0.3) is 5.70 Å². The van der Waals surface area contributed by atoms with Gasteiger partial charge in [0.1, 0.15) is 0 Å². The van der Waals surface area contributed by atoms with Gasteiger partial charge in [0, 0.05) is 4.47 Å². The summed E-state index contributed by atoms with van der Waals surface area (Å²) in [6.45, 7) is 3.90. The normalized spacial score (nSPS) is 9.47. The second-order valence-electron chi connectivity index (χ2n) is 2.73. The summed E-state index contributed by atoms with van der Waals surface area (Å²) in [4.78, 5) is 0. The lowest BCUT2D eigenvalue weighted by molar-refractivity contribution is 0.863. The number of rotatable bonds is 3. The van der Waals surface area contributed by atoms with Gasteiger partial charge in [0.2, 0.25) is 0 Å². The first kappa shape index (κ1) is 12.5. The Morgan fingerprint density at radius 3 is 2.47 bits per heavy atom. The molecule has 0 spiro atoms. The van der Waals surface area contributed by atoms with E-state index in [-0.39, 0.29) is 0 Å². The summed E-state index contributed by atoms with van der Waals surface area (Å²) in [6.07, 6.45) is 1.92. The molecule has 0 aliphatic heterocycles. The highest BCUT2D eigenvalue weighted by Crippen LogP contribution is 2.14. The molecule has 1 aromatic rings. The molecule has 0 radical (unpaired) electrons. The molecule has 0 fully saturated rings. The second-order valence-corrected chi connectivity index (χ2v) is 5.13. The Morgan fingerprint density at radius 1 is 1.33 bits per heavy atom. The molecule has 0 saturated heterocycles. The van der Waals surface area contributed by atoms with Crippen LogP contribution in [-0.4, -0.2) is 10.6 Å². The molecule has 0 aliphatic rings. The van der Waals surface area contributed by atoms with Crippen LogP contribution in [0.5, 0.6) is 0 Å². The summed E-state index contributed by atoms with van der Waals surface area (Å²) in [5.74, 6) is 0. The van der Waals surface area contributed by atoms with Crippen LogP contribution in [-0.2, 0) is 0 Å². The number of thioether (sulfide) groups is 1. The summed E-state index contributed by atoms with van der Waals surface area (Å²) < 4.78 is 1.74. The van der Waals surface area contributed by atoms with Gasteiger partial charge in [0.25, 0.3) is 0 Å². The molecule has 0 aromatic heterocycles. The van der Waals surface area contributed by atoms with Crippen molar-refractivity contribution in [3.63, 3.8) is 0 Å². The van der Waals surface area contributed by atoms with Gasteiger partial charge in [-0.2, -0.15) is 0 Å². The number of hydrogen-bond donors (Lipinski definition) is 2. The average molecular weight is 303 g/mol. The molecular weight excluding hydrogens is 292 g/mol. The van der Waals surface area contributed by atoms with Crippen molar-refractivity contribution in [1.29, 1.82) is 0 Å². The molecule has 0 saturated carbocycles. The molecule has 2 nitrogen and oxygen atoms in total. The van der Waals surface area contributed by atoms with Crippen LogP contribution in [0.15, 0.2) is 35.3 Å². The van der Waals surface area contributed by atoms with Crippen molar-refractivity contribution in [3.8, 4) is 0 Å². The van der Waals surface area contributed by atoms with E-state index in [4.69, 9.17) is 12.2 Å². The smallest absolute Gasteiger partial charge is 0.152 e. The van der Waals surface area contributed by atoms with Crippen molar-refractivity contribution < 1.29 is 0 Å². The predicted molar refractivity (Wildman–Crippen MR) is 75.6 cm³/mol. The largest absolute Gasteiger partial charge is 0.300 e. The van der Waals surface area contributed by atoms with Crippen LogP contribution >= 0.6 is 39.9 Å². The maximum Gasteiger partial charge on any atom is 0.152 e. The highest BCUT2D eigenvalue weighted by atomic mass is 79.9. The lowest BCUT2D eigenvalue weighted by Gasteiger charge is -2.11. The van der Waals surface area contributed by atoms with Gasteiger partial charge in [-0.15, -0.1) is 0 Å². The fourth-order valence-electron chi connectivity index (χ4n) is 0.901. The zero-order chi connectivity index (χ0) is 11.3. The van der Waals surface area contributed by atoms with Crippen LogP contribution < -0.4 is 10.9 Å². The van der Waals surface area contributed by atoms with E-state index in [1.165, 1.54) is 11.8 Å². The van der Waals surface area contributed by atoms with Gasteiger partial charge in [0.15, 0.2) is 4.32 Å². The van der Waals surface area contributed by atoms with Gasteiger partial charge >= 0.3 is 0 Å². The zero-order valence-corrected chi connectivity index (χ0v) is 11.4. The standard InChI is InChI=1S/C10H11BrN2S2/c1-7(12-13-10(14)15-2)8-3-5-9(11)6-4-8/h3-6,12H,1H2,2H3,(H,13,14). The molecule has 1 rings (SSSR count). The van der Waals surface area contributed by atoms with E-state index in [1.807, 2.05) is 30.5 Å². The molecule has 5 heteroatoms. The van der Waals surface area contributed by atoms with E-state index < -0.39 is 0 Å². The van der Waals surface area contributed by atoms with Crippen molar-refractivity contribution in [2.75, 3.05) is 6.26 Å². The highest BCUT2D eigenvalue weighted by Gasteiger charge is 1.98. The molecule has 2 N–H and O–H groups in total. The molecular formula is C10H11BrN2S2. The van der Waals surface area contributed by atoms with Crippen molar-refractivity contribution in [1.82, 2.24) is 10.9 Å². The Kier molecular flexibility index (Phi) is 5.14. The molecule has 0 bridgehead atoms. The van der Waals surface area contributed by atoms with Crippen molar-refractivity contribution >= 4 is 49.9 Å². The van der Waals surface area contributed by atoms with E-state index in [1.54, 1.807) is 0 Å². The maximum absolute atomic E-state index is 4.99. The lowest BCUT2D eigenvalue weighted by Crippen LogP contribution is -2.32. The van der Waals surface area contributed by atoms with E-state index in [0.29, 0.717) is 4.32 Å². The molecule has 1 aromatic carbocycles. The number of thiocarbonyl (C=S) groups is 1. The van der Waals surface area contributed by atoms with E-state index in [0.717, 1.165) is 15.7 Å². The van der Waals surface area contributed by atoms with E-state index in [2.05, 4.69) is 33.4 Å². The fourth-order valence-corrected chi connectivity index (χ4v) is 1.37. The van der Waals surface area contributed by atoms with Gasteiger partial charge in [0.05, 0.1) is 5.70 Å². The van der Waals surface area contributed by atoms with Gasteiger partial charge < -0.3 is 0 Å². The first-order chi connectivity index (χ1) is 7.13. The maximum atomic E-state index is 4.99. The molecule has 80 valence electrons. The predicted octanol–water partition coefficient (Wildman–Crippen LogP) is 3.16. The summed E-state index contributed by atoms with van der Waals surface area (Å²) >= 11 is 9.84. The molecule has 0 aliphatic carbocycles. The number of hydrogen-bond acceptors (Lipinski definition) is 3. The Hall–Kier alpha value is -0.520. The molecule has 15 heavy (non-hydrogen) atoms. The van der Waals surface area contributed by atoms with Crippen molar-refractivity contribution in [2.24, 2.45) is 0 Å². The summed E-state index contributed by atoms with van der Waals surface area (Å²) in [7, 11) is 0. The van der Waals surface area contributed by atoms with Crippen molar-refractivity contribution in [2.45, 2.75) is 0 Å². The minimum Gasteiger partial charge on any atom is -0.300 e. The molecule has 0 heterocycles. The number of halogens is 1. The van der Waals surface area contributed by atoms with E-state index >= 15 is 0 Å². The average Bonchev–Trinajstić information content (AvgIpc) is 2.26. The summed E-state index contributed by atoms with van der Waals surface area (Å²) in [6, 6.07) is 7.89. The van der Waals surface area contributed by atoms with Crippen molar-refractivity contribution in [3.05, 3.63) is 40.9 Å². The topological polar surface area (TPSA) is 24.1 Å². The molecule has 0 atom stereocenters. The first-order valence-electron chi connectivity index (χ1n) is 4.18. The first-order valence-corrected chi connectivity index (χ1v) is 6.61. The summed E-state index contributed by atoms with van der Waals surface area (Å²) in [5, 5.41) is 0. The third-order valence-corrected chi connectivity index (χ3v) is 3.30. The van der Waals surface area contributed by atoms with Crippen LogP contribution in [0.2, 0.25) is 0 Å². The second kappa shape index (κ2) is 6.15. The quantitative estimate of drug-likeness (QED) is 0.662. The van der Waals surface area contributed by atoms with Crippen LogP contribution in [0.3, 0.4) is 0 Å². The lowest BCUT2D eigenvalue weighted by atomic mass is 10.2. The Bertz CT molecular complexity index is 362. The van der Waals surface area contributed by atoms with Gasteiger partial charge in [-0.3, -0.25) is 10.9 Å². The SMILES string of the molecule is C=C(NNC(=S)SC)c1ccc(Br)cc1. The highest BCUT2D eigenvalue weighted by molar-refractivity contribution is 9.10. The van der Waals surface area contributed by atoms with Crippen LogP contribution in [0.1, 0.15) is 5.56 Å². The number of benzene rings is 1. The molecule has 0 unspecified atom stereocenters. The van der Waals surface area contributed by atoms with Gasteiger partial charge in [-0.25, -0.2) is 0 Å². The minimum absolute atomic E-state index is 0.688. The Balaban J connectivity index is 2.54. The Morgan fingerprint density at radius 2 is 1.93 bits per heavy atom. The van der Waals surface area contributed by atoms with Gasteiger partial charge in [-0.1, -0.05) is 58.6 Å². The zero-order valence-electron chi connectivity index (χ0n) is 8.21.